The van der Waals surface area contributed by atoms with Gasteiger partial charge in [0.15, 0.2) is 0 Å². The fraction of sp³-hybridized carbons (Fsp3) is 0.200. The number of imidazole rings is 1. The largest absolute Gasteiger partial charge is 0.478 e. The normalized spacial score (nSPS) is 13.8. The first-order valence-electron chi connectivity index (χ1n) is 14.8. The smallest absolute Gasteiger partial charge is 0.416 e. The molecule has 0 saturated heterocycles. The number of hydrogen-bond donors (Lipinski definition) is 3. The van der Waals surface area contributed by atoms with E-state index in [2.05, 4.69) is 15.2 Å². The number of carboxylic acid groups (broad SMARTS) is 1. The Morgan fingerprint density at radius 3 is 1.87 bits per heavy atom. The lowest BCUT2D eigenvalue weighted by molar-refractivity contribution is -0.137. The van der Waals surface area contributed by atoms with Crippen LogP contribution in [0.15, 0.2) is 91.0 Å². The Kier molecular flexibility index (Phi) is 8.31. The summed E-state index contributed by atoms with van der Waals surface area (Å²) in [4.78, 5) is 42.1. The van der Waals surface area contributed by atoms with Crippen molar-refractivity contribution in [3.05, 3.63) is 113 Å². The number of fused-ring (bicyclic) bond motifs is 1. The van der Waals surface area contributed by atoms with Gasteiger partial charge in [0.25, 0.3) is 11.8 Å². The molecular weight excluding hydrogens is 597 g/mol. The summed E-state index contributed by atoms with van der Waals surface area (Å²) in [5.74, 6) is -1.28. The van der Waals surface area contributed by atoms with E-state index in [0.29, 0.717) is 28.3 Å². The molecule has 11 heteroatoms. The number of rotatable bonds is 7. The molecule has 1 heterocycles. The zero-order valence-corrected chi connectivity index (χ0v) is 24.5. The molecule has 1 saturated carbocycles. The van der Waals surface area contributed by atoms with Gasteiger partial charge in [-0.15, -0.1) is 0 Å². The van der Waals surface area contributed by atoms with Gasteiger partial charge in [0, 0.05) is 34.1 Å². The van der Waals surface area contributed by atoms with Crippen LogP contribution in [0.5, 0.6) is 0 Å². The molecule has 6 rings (SSSR count). The van der Waals surface area contributed by atoms with Crippen LogP contribution < -0.4 is 10.6 Å². The summed E-state index contributed by atoms with van der Waals surface area (Å²) in [6, 6.07) is 22.6. The third kappa shape index (κ3) is 6.49. The highest BCUT2D eigenvalue weighted by molar-refractivity contribution is 6.06. The third-order valence-corrected chi connectivity index (χ3v) is 8.13. The molecule has 234 valence electrons. The average molecular weight is 627 g/mol. The SMILES string of the molecule is O=C(O)c1ccc2c(c1)nc(-c1ccc(C(=O)Nc3cccc(NC(=O)c4ccc(C(F)(F)F)cc4)c3)cc1)n2C1CCCCC1. The second kappa shape index (κ2) is 12.5. The molecule has 8 nitrogen and oxygen atoms in total. The Morgan fingerprint density at radius 1 is 0.739 bits per heavy atom. The molecule has 0 atom stereocenters. The van der Waals surface area contributed by atoms with Crippen LogP contribution in [0.2, 0.25) is 0 Å². The lowest BCUT2D eigenvalue weighted by atomic mass is 9.94. The summed E-state index contributed by atoms with van der Waals surface area (Å²) in [5, 5.41) is 14.9. The fourth-order valence-electron chi connectivity index (χ4n) is 5.81. The maximum Gasteiger partial charge on any atom is 0.416 e. The van der Waals surface area contributed by atoms with Crippen molar-refractivity contribution >= 4 is 40.2 Å². The number of benzene rings is 4. The maximum absolute atomic E-state index is 13.1. The number of aromatic nitrogens is 2. The number of hydrogen-bond acceptors (Lipinski definition) is 4. The Balaban J connectivity index is 1.18. The summed E-state index contributed by atoms with van der Waals surface area (Å²) < 4.78 is 40.7. The third-order valence-electron chi connectivity index (χ3n) is 8.13. The summed E-state index contributed by atoms with van der Waals surface area (Å²) in [6.07, 6.45) is 0.903. The van der Waals surface area contributed by atoms with Gasteiger partial charge in [-0.25, -0.2) is 9.78 Å². The predicted molar refractivity (Wildman–Crippen MR) is 168 cm³/mol. The van der Waals surface area contributed by atoms with Gasteiger partial charge >= 0.3 is 12.1 Å². The Bertz CT molecular complexity index is 1930. The Morgan fingerprint density at radius 2 is 1.30 bits per heavy atom. The van der Waals surface area contributed by atoms with Crippen LogP contribution in [-0.2, 0) is 6.18 Å². The zero-order chi connectivity index (χ0) is 32.4. The molecule has 0 spiro atoms. The molecule has 0 aliphatic heterocycles. The van der Waals surface area contributed by atoms with Crippen LogP contribution in [0, 0.1) is 0 Å². The standard InChI is InChI=1S/C35H29F3N4O4/c36-35(37,38)25-16-13-23(14-17-25)33(44)40-27-6-4-5-26(20-27)39-32(43)22-11-9-21(10-12-22)31-41-29-19-24(34(45)46)15-18-30(29)42(31)28-7-2-1-3-8-28/h4-6,9-20,28H,1-3,7-8H2,(H,39,43)(H,40,44)(H,45,46). The van der Waals surface area contributed by atoms with Crippen molar-refractivity contribution in [3.63, 3.8) is 0 Å². The van der Waals surface area contributed by atoms with Crippen LogP contribution in [-0.4, -0.2) is 32.4 Å². The molecule has 46 heavy (non-hydrogen) atoms. The molecular formula is C35H29F3N4O4. The molecule has 4 aromatic carbocycles. The van der Waals surface area contributed by atoms with Crippen molar-refractivity contribution in [1.82, 2.24) is 9.55 Å². The number of carboxylic acids is 1. The van der Waals surface area contributed by atoms with Crippen LogP contribution in [0.1, 0.15) is 74.8 Å². The van der Waals surface area contributed by atoms with Crippen molar-refractivity contribution in [2.45, 2.75) is 44.3 Å². The highest BCUT2D eigenvalue weighted by Gasteiger charge is 2.30. The van der Waals surface area contributed by atoms with Crippen LogP contribution in [0.25, 0.3) is 22.4 Å². The summed E-state index contributed by atoms with van der Waals surface area (Å²) in [5.41, 5.74) is 2.80. The van der Waals surface area contributed by atoms with E-state index in [9.17, 15) is 32.7 Å². The molecule has 2 amide bonds. The van der Waals surface area contributed by atoms with E-state index < -0.39 is 23.6 Å². The molecule has 1 aromatic heterocycles. The second-order valence-electron chi connectivity index (χ2n) is 11.2. The summed E-state index contributed by atoms with van der Waals surface area (Å²) in [7, 11) is 0. The molecule has 1 aliphatic carbocycles. The van der Waals surface area contributed by atoms with Gasteiger partial charge in [0.05, 0.1) is 22.2 Å². The molecule has 1 fully saturated rings. The van der Waals surface area contributed by atoms with Gasteiger partial charge in [0.2, 0.25) is 0 Å². The summed E-state index contributed by atoms with van der Waals surface area (Å²) in [6.45, 7) is 0. The molecule has 3 N–H and O–H groups in total. The first-order valence-corrected chi connectivity index (χ1v) is 14.8. The number of carbonyl (C=O) groups excluding carboxylic acids is 2. The van der Waals surface area contributed by atoms with Crippen LogP contribution >= 0.6 is 0 Å². The number of nitrogens with one attached hydrogen (secondary N) is 2. The average Bonchev–Trinajstić information content (AvgIpc) is 3.44. The monoisotopic (exact) mass is 626 g/mol. The van der Waals surface area contributed by atoms with Crippen molar-refractivity contribution in [1.29, 1.82) is 0 Å². The topological polar surface area (TPSA) is 113 Å². The number of carbonyl (C=O) groups is 3. The first-order chi connectivity index (χ1) is 22.1. The Hall–Kier alpha value is -5.45. The van der Waals surface area contributed by atoms with Crippen molar-refractivity contribution in [2.24, 2.45) is 0 Å². The number of amides is 2. The van der Waals surface area contributed by atoms with Crippen LogP contribution in [0.4, 0.5) is 24.5 Å². The van der Waals surface area contributed by atoms with E-state index in [1.165, 1.54) is 6.42 Å². The number of halogens is 3. The quantitative estimate of drug-likeness (QED) is 0.168. The Labute approximate surface area is 261 Å². The van der Waals surface area contributed by atoms with Gasteiger partial charge in [0.1, 0.15) is 5.82 Å². The summed E-state index contributed by atoms with van der Waals surface area (Å²) >= 11 is 0. The highest BCUT2D eigenvalue weighted by Crippen LogP contribution is 2.36. The van der Waals surface area contributed by atoms with E-state index >= 15 is 0 Å². The minimum absolute atomic E-state index is 0.0573. The molecule has 0 unspecified atom stereocenters. The van der Waals surface area contributed by atoms with Gasteiger partial charge in [-0.1, -0.05) is 37.5 Å². The van der Waals surface area contributed by atoms with E-state index in [4.69, 9.17) is 4.98 Å². The van der Waals surface area contributed by atoms with Crippen molar-refractivity contribution < 1.29 is 32.7 Å². The van der Waals surface area contributed by atoms with E-state index in [1.54, 1.807) is 48.5 Å². The van der Waals surface area contributed by atoms with E-state index in [-0.39, 0.29) is 23.1 Å². The van der Waals surface area contributed by atoms with E-state index in [0.717, 1.165) is 61.0 Å². The molecule has 1 aliphatic rings. The molecule has 0 radical (unpaired) electrons. The first kappa shape index (κ1) is 30.6. The van der Waals surface area contributed by atoms with Gasteiger partial charge in [-0.05, 0) is 85.6 Å². The fourth-order valence-corrected chi connectivity index (χ4v) is 5.81. The van der Waals surface area contributed by atoms with Gasteiger partial charge in [-0.2, -0.15) is 13.2 Å². The number of nitrogens with zero attached hydrogens (tertiary/aromatic N) is 2. The number of alkyl halides is 3. The van der Waals surface area contributed by atoms with Crippen molar-refractivity contribution in [2.75, 3.05) is 10.6 Å². The number of aromatic carboxylic acids is 1. The molecule has 5 aromatic rings. The van der Waals surface area contributed by atoms with Gasteiger partial charge < -0.3 is 20.3 Å². The minimum atomic E-state index is -4.50. The van der Waals surface area contributed by atoms with Gasteiger partial charge in [-0.3, -0.25) is 9.59 Å². The number of anilines is 2. The molecule has 0 bridgehead atoms. The maximum atomic E-state index is 13.1. The predicted octanol–water partition coefficient (Wildman–Crippen LogP) is 8.43. The van der Waals surface area contributed by atoms with Crippen LogP contribution in [0.3, 0.4) is 0 Å². The zero-order valence-electron chi connectivity index (χ0n) is 24.5. The highest BCUT2D eigenvalue weighted by atomic mass is 19.4. The van der Waals surface area contributed by atoms with E-state index in [1.807, 2.05) is 18.2 Å². The lowest BCUT2D eigenvalue weighted by Crippen LogP contribution is -2.15. The minimum Gasteiger partial charge on any atom is -0.478 e. The second-order valence-corrected chi connectivity index (χ2v) is 11.2. The van der Waals surface area contributed by atoms with Crippen molar-refractivity contribution in [3.8, 4) is 11.4 Å². The lowest BCUT2D eigenvalue weighted by Gasteiger charge is -2.25.